The zero-order chi connectivity index (χ0) is 11.4. The van der Waals surface area contributed by atoms with E-state index in [1.165, 1.54) is 23.1 Å². The lowest BCUT2D eigenvalue weighted by atomic mass is 10.0. The lowest BCUT2D eigenvalue weighted by Crippen LogP contribution is -1.87. The summed E-state index contributed by atoms with van der Waals surface area (Å²) < 4.78 is 0. The molecule has 1 nitrogen and oxygen atoms in total. The first-order valence-electron chi connectivity index (χ1n) is 5.74. The maximum Gasteiger partial charge on any atom is 0.0320 e. The predicted octanol–water partition coefficient (Wildman–Crippen LogP) is 3.89. The monoisotopic (exact) mass is 211 g/mol. The number of hydrogen-bond acceptors (Lipinski definition) is 1. The van der Waals surface area contributed by atoms with Crippen LogP contribution in [-0.4, -0.2) is 0 Å². The van der Waals surface area contributed by atoms with Gasteiger partial charge in [0, 0.05) is 5.69 Å². The third-order valence-corrected chi connectivity index (χ3v) is 2.69. The molecule has 82 valence electrons. The predicted molar refractivity (Wildman–Crippen MR) is 70.3 cm³/mol. The highest BCUT2D eigenvalue weighted by atomic mass is 14.5. The Morgan fingerprint density at radius 1 is 0.938 bits per heavy atom. The summed E-state index contributed by atoms with van der Waals surface area (Å²) >= 11 is 0. The van der Waals surface area contributed by atoms with Crippen molar-refractivity contribution >= 4 is 5.69 Å². The third-order valence-electron chi connectivity index (χ3n) is 2.69. The smallest absolute Gasteiger partial charge is 0.0320 e. The van der Waals surface area contributed by atoms with Gasteiger partial charge in [0.15, 0.2) is 0 Å². The van der Waals surface area contributed by atoms with Crippen molar-refractivity contribution < 1.29 is 0 Å². The maximum atomic E-state index is 5.79. The summed E-state index contributed by atoms with van der Waals surface area (Å²) in [4.78, 5) is 0. The fraction of sp³-hybridized carbons (Fsp3) is 0.200. The van der Waals surface area contributed by atoms with Crippen molar-refractivity contribution in [1.82, 2.24) is 0 Å². The first kappa shape index (κ1) is 10.7. The van der Waals surface area contributed by atoms with Gasteiger partial charge in [-0.2, -0.15) is 0 Å². The van der Waals surface area contributed by atoms with E-state index in [9.17, 15) is 0 Å². The van der Waals surface area contributed by atoms with E-state index in [0.29, 0.717) is 0 Å². The molecular formula is C15H17N. The molecule has 0 heterocycles. The molecule has 0 aliphatic rings. The molecule has 0 radical (unpaired) electrons. The van der Waals surface area contributed by atoms with Gasteiger partial charge in [-0.25, -0.2) is 0 Å². The minimum absolute atomic E-state index is 0.818. The molecule has 2 aromatic rings. The number of nitrogens with two attached hydrogens (primary N) is 1. The van der Waals surface area contributed by atoms with Crippen LogP contribution in [0.5, 0.6) is 0 Å². The molecule has 2 N–H and O–H groups in total. The molecule has 0 saturated heterocycles. The summed E-state index contributed by atoms with van der Waals surface area (Å²) in [5.41, 5.74) is 10.4. The highest BCUT2D eigenvalue weighted by Crippen LogP contribution is 2.22. The van der Waals surface area contributed by atoms with E-state index in [1.54, 1.807) is 0 Å². The Morgan fingerprint density at radius 2 is 1.62 bits per heavy atom. The van der Waals surface area contributed by atoms with Crippen LogP contribution in [0.2, 0.25) is 0 Å². The Balaban J connectivity index is 2.36. The SMILES string of the molecule is CCCc1cccc(-c2cccc(N)c2)c1. The molecule has 0 atom stereocenters. The van der Waals surface area contributed by atoms with Crippen molar-refractivity contribution in [2.24, 2.45) is 0 Å². The molecule has 0 amide bonds. The van der Waals surface area contributed by atoms with Gasteiger partial charge in [-0.3, -0.25) is 0 Å². The highest BCUT2D eigenvalue weighted by molar-refractivity contribution is 5.67. The van der Waals surface area contributed by atoms with Crippen molar-refractivity contribution in [2.45, 2.75) is 19.8 Å². The minimum atomic E-state index is 0.818. The first-order chi connectivity index (χ1) is 7.79. The Morgan fingerprint density at radius 3 is 2.31 bits per heavy atom. The fourth-order valence-electron chi connectivity index (χ4n) is 1.91. The molecule has 0 saturated carbocycles. The number of anilines is 1. The van der Waals surface area contributed by atoms with Crippen LogP contribution in [0.1, 0.15) is 18.9 Å². The number of rotatable bonds is 3. The first-order valence-corrected chi connectivity index (χ1v) is 5.74. The third kappa shape index (κ3) is 2.43. The minimum Gasteiger partial charge on any atom is -0.399 e. The van der Waals surface area contributed by atoms with E-state index >= 15 is 0 Å². The normalized spacial score (nSPS) is 10.3. The van der Waals surface area contributed by atoms with Gasteiger partial charge in [-0.15, -0.1) is 0 Å². The van der Waals surface area contributed by atoms with E-state index in [4.69, 9.17) is 5.73 Å². The zero-order valence-electron chi connectivity index (χ0n) is 9.61. The summed E-state index contributed by atoms with van der Waals surface area (Å²) in [6.45, 7) is 2.20. The van der Waals surface area contributed by atoms with Gasteiger partial charge in [0.25, 0.3) is 0 Å². The van der Waals surface area contributed by atoms with Gasteiger partial charge in [0.05, 0.1) is 0 Å². The van der Waals surface area contributed by atoms with Crippen molar-refractivity contribution in [3.8, 4) is 11.1 Å². The Kier molecular flexibility index (Phi) is 3.25. The van der Waals surface area contributed by atoms with Crippen molar-refractivity contribution in [3.05, 3.63) is 54.1 Å². The van der Waals surface area contributed by atoms with Crippen LogP contribution in [0.3, 0.4) is 0 Å². The second-order valence-electron chi connectivity index (χ2n) is 4.08. The molecule has 0 aliphatic heterocycles. The molecule has 1 heteroatoms. The average Bonchev–Trinajstić information content (AvgIpc) is 2.30. The lowest BCUT2D eigenvalue weighted by Gasteiger charge is -2.05. The molecule has 0 fully saturated rings. The van der Waals surface area contributed by atoms with Crippen LogP contribution in [0, 0.1) is 0 Å². The van der Waals surface area contributed by atoms with Crippen molar-refractivity contribution in [3.63, 3.8) is 0 Å². The topological polar surface area (TPSA) is 26.0 Å². The summed E-state index contributed by atoms with van der Waals surface area (Å²) in [5, 5.41) is 0. The molecule has 0 unspecified atom stereocenters. The van der Waals surface area contributed by atoms with Gasteiger partial charge in [0.2, 0.25) is 0 Å². The van der Waals surface area contributed by atoms with Crippen LogP contribution < -0.4 is 5.73 Å². The van der Waals surface area contributed by atoms with Gasteiger partial charge in [0.1, 0.15) is 0 Å². The largest absolute Gasteiger partial charge is 0.399 e. The van der Waals surface area contributed by atoms with E-state index in [1.807, 2.05) is 18.2 Å². The molecule has 0 aliphatic carbocycles. The molecule has 2 aromatic carbocycles. The standard InChI is InChI=1S/C15H17N/c1-2-5-12-6-3-7-13(10-12)14-8-4-9-15(16)11-14/h3-4,6-11H,2,5,16H2,1H3. The average molecular weight is 211 g/mol. The molecule has 16 heavy (non-hydrogen) atoms. The zero-order valence-corrected chi connectivity index (χ0v) is 9.61. The van der Waals surface area contributed by atoms with Crippen molar-refractivity contribution in [2.75, 3.05) is 5.73 Å². The molecule has 0 bridgehead atoms. The number of hydrogen-bond donors (Lipinski definition) is 1. The molecule has 0 aromatic heterocycles. The second kappa shape index (κ2) is 4.84. The quantitative estimate of drug-likeness (QED) is 0.766. The lowest BCUT2D eigenvalue weighted by molar-refractivity contribution is 0.922. The number of aryl methyl sites for hydroxylation is 1. The number of nitrogen functional groups attached to an aromatic ring is 1. The molecular weight excluding hydrogens is 194 g/mol. The van der Waals surface area contributed by atoms with Crippen molar-refractivity contribution in [1.29, 1.82) is 0 Å². The van der Waals surface area contributed by atoms with Crippen LogP contribution in [0.4, 0.5) is 5.69 Å². The van der Waals surface area contributed by atoms with Crippen LogP contribution >= 0.6 is 0 Å². The van der Waals surface area contributed by atoms with Crippen LogP contribution in [0.15, 0.2) is 48.5 Å². The fourth-order valence-corrected chi connectivity index (χ4v) is 1.91. The Hall–Kier alpha value is -1.76. The molecule has 2 rings (SSSR count). The van der Waals surface area contributed by atoms with Gasteiger partial charge >= 0.3 is 0 Å². The Labute approximate surface area is 96.9 Å². The van der Waals surface area contributed by atoms with Gasteiger partial charge in [-0.05, 0) is 35.2 Å². The van der Waals surface area contributed by atoms with E-state index in [-0.39, 0.29) is 0 Å². The summed E-state index contributed by atoms with van der Waals surface area (Å²) in [7, 11) is 0. The second-order valence-corrected chi connectivity index (χ2v) is 4.08. The highest BCUT2D eigenvalue weighted by Gasteiger charge is 1.99. The number of benzene rings is 2. The van der Waals surface area contributed by atoms with E-state index < -0.39 is 0 Å². The molecule has 0 spiro atoms. The maximum absolute atomic E-state index is 5.79. The summed E-state index contributed by atoms with van der Waals surface area (Å²) in [5.74, 6) is 0. The van der Waals surface area contributed by atoms with E-state index in [2.05, 4.69) is 37.3 Å². The summed E-state index contributed by atoms with van der Waals surface area (Å²) in [6, 6.07) is 16.7. The van der Waals surface area contributed by atoms with Gasteiger partial charge in [-0.1, -0.05) is 49.7 Å². The van der Waals surface area contributed by atoms with Crippen LogP contribution in [0.25, 0.3) is 11.1 Å². The van der Waals surface area contributed by atoms with E-state index in [0.717, 1.165) is 12.1 Å². The summed E-state index contributed by atoms with van der Waals surface area (Å²) in [6.07, 6.45) is 2.32. The van der Waals surface area contributed by atoms with Gasteiger partial charge < -0.3 is 5.73 Å². The van der Waals surface area contributed by atoms with Crippen LogP contribution in [-0.2, 0) is 6.42 Å². The Bertz CT molecular complexity index is 474.